The zero-order chi connectivity index (χ0) is 24.4. The van der Waals surface area contributed by atoms with E-state index in [9.17, 15) is 14.9 Å². The number of hydrogen-bond donors (Lipinski definition) is 2. The van der Waals surface area contributed by atoms with Gasteiger partial charge in [-0.3, -0.25) is 14.9 Å². The Bertz CT molecular complexity index is 1400. The second kappa shape index (κ2) is 9.39. The van der Waals surface area contributed by atoms with Gasteiger partial charge in [-0.05, 0) is 30.3 Å². The lowest BCUT2D eigenvalue weighted by Gasteiger charge is -2.26. The Morgan fingerprint density at radius 1 is 1.17 bits per heavy atom. The van der Waals surface area contributed by atoms with Crippen LogP contribution in [0, 0.1) is 10.1 Å². The summed E-state index contributed by atoms with van der Waals surface area (Å²) in [5.74, 6) is 0.699. The Morgan fingerprint density at radius 2 is 1.91 bits per heavy atom. The summed E-state index contributed by atoms with van der Waals surface area (Å²) >= 11 is 0. The molecule has 0 bridgehead atoms. The number of methoxy groups -OCH3 is 1. The van der Waals surface area contributed by atoms with Crippen molar-refractivity contribution in [1.29, 1.82) is 0 Å². The molecule has 35 heavy (non-hydrogen) atoms. The van der Waals surface area contributed by atoms with Gasteiger partial charge in [0.2, 0.25) is 17.5 Å². The maximum atomic E-state index is 13.5. The summed E-state index contributed by atoms with van der Waals surface area (Å²) in [6.45, 7) is 2.19. The van der Waals surface area contributed by atoms with Gasteiger partial charge < -0.3 is 24.7 Å². The molecule has 178 valence electrons. The molecule has 0 saturated carbocycles. The quantitative estimate of drug-likeness (QED) is 0.233. The molecular weight excluding hydrogens is 452 g/mol. The first-order valence-corrected chi connectivity index (χ1v) is 11.0. The van der Waals surface area contributed by atoms with E-state index >= 15 is 0 Å². The van der Waals surface area contributed by atoms with Crippen LogP contribution in [0.5, 0.6) is 5.75 Å². The number of carbonyl (C=O) groups is 1. The lowest BCUT2D eigenvalue weighted by Crippen LogP contribution is -2.37. The second-order valence-electron chi connectivity index (χ2n) is 7.86. The van der Waals surface area contributed by atoms with E-state index in [-0.39, 0.29) is 23.0 Å². The number of aromatic amines is 1. The van der Waals surface area contributed by atoms with E-state index in [1.807, 2.05) is 29.2 Å². The van der Waals surface area contributed by atoms with Crippen LogP contribution in [-0.4, -0.2) is 59.1 Å². The number of morpholine rings is 1. The summed E-state index contributed by atoms with van der Waals surface area (Å²) in [5, 5.41) is 15.5. The minimum Gasteiger partial charge on any atom is -0.497 e. The molecule has 2 aromatic carbocycles. The number of para-hydroxylation sites is 1. The van der Waals surface area contributed by atoms with Crippen molar-refractivity contribution in [1.82, 2.24) is 15.0 Å². The normalized spacial score (nSPS) is 13.6. The monoisotopic (exact) mass is 474 g/mol. The van der Waals surface area contributed by atoms with Crippen molar-refractivity contribution in [2.45, 2.75) is 0 Å². The van der Waals surface area contributed by atoms with E-state index < -0.39 is 4.92 Å². The van der Waals surface area contributed by atoms with Gasteiger partial charge in [0.25, 0.3) is 0 Å². The summed E-state index contributed by atoms with van der Waals surface area (Å²) in [6, 6.07) is 14.1. The van der Waals surface area contributed by atoms with Crippen LogP contribution in [-0.2, 0) is 4.74 Å². The third kappa shape index (κ3) is 4.36. The van der Waals surface area contributed by atoms with Gasteiger partial charge in [0.1, 0.15) is 17.6 Å². The van der Waals surface area contributed by atoms with E-state index in [2.05, 4.69) is 20.3 Å². The Kier molecular flexibility index (Phi) is 5.98. The molecule has 1 aliphatic heterocycles. The fourth-order valence-electron chi connectivity index (χ4n) is 3.95. The fraction of sp³-hybridized carbons (Fsp3) is 0.208. The van der Waals surface area contributed by atoms with Gasteiger partial charge in [-0.15, -0.1) is 0 Å². The van der Waals surface area contributed by atoms with Crippen molar-refractivity contribution in [2.24, 2.45) is 0 Å². The number of H-pyrrole nitrogens is 1. The molecule has 1 saturated heterocycles. The molecule has 1 fully saturated rings. The first kappa shape index (κ1) is 22.3. The van der Waals surface area contributed by atoms with E-state index in [1.165, 1.54) is 6.20 Å². The summed E-state index contributed by atoms with van der Waals surface area (Å²) in [7, 11) is 1.55. The molecule has 5 rings (SSSR count). The standard InChI is InChI=1S/C24H22N6O5/c1-34-16-8-6-15(7-9-16)22(31)21-20(17-4-2-3-5-18(17)26-21)27-23-19(30(32)33)14-25-24(28-23)29-10-12-35-13-11-29/h2-9,14,26H,10-13H2,1H3,(H,25,27,28). The number of benzene rings is 2. The number of nitro groups is 1. The lowest BCUT2D eigenvalue weighted by atomic mass is 10.1. The second-order valence-corrected chi connectivity index (χ2v) is 7.86. The third-order valence-electron chi connectivity index (χ3n) is 5.78. The molecule has 0 amide bonds. The number of rotatable bonds is 7. The molecule has 0 spiro atoms. The zero-order valence-corrected chi connectivity index (χ0v) is 18.9. The van der Waals surface area contributed by atoms with E-state index in [1.54, 1.807) is 31.4 Å². The van der Waals surface area contributed by atoms with Gasteiger partial charge >= 0.3 is 5.69 Å². The Balaban J connectivity index is 1.59. The third-order valence-corrected chi connectivity index (χ3v) is 5.78. The van der Waals surface area contributed by atoms with Gasteiger partial charge in [-0.1, -0.05) is 18.2 Å². The number of carbonyl (C=O) groups excluding carboxylic acids is 1. The largest absolute Gasteiger partial charge is 0.497 e. The number of ether oxygens (including phenoxy) is 2. The number of aromatic nitrogens is 3. The maximum Gasteiger partial charge on any atom is 0.329 e. The first-order chi connectivity index (χ1) is 17.0. The van der Waals surface area contributed by atoms with Crippen LogP contribution in [0.2, 0.25) is 0 Å². The molecule has 0 unspecified atom stereocenters. The number of ketones is 1. The van der Waals surface area contributed by atoms with Crippen LogP contribution in [0.4, 0.5) is 23.1 Å². The smallest absolute Gasteiger partial charge is 0.329 e. The van der Waals surface area contributed by atoms with Crippen molar-refractivity contribution in [2.75, 3.05) is 43.6 Å². The van der Waals surface area contributed by atoms with Crippen LogP contribution < -0.4 is 15.0 Å². The predicted molar refractivity (Wildman–Crippen MR) is 130 cm³/mol. The van der Waals surface area contributed by atoms with Gasteiger partial charge in [0.05, 0.1) is 30.9 Å². The number of anilines is 3. The minimum atomic E-state index is -0.550. The van der Waals surface area contributed by atoms with Crippen molar-refractivity contribution in [3.8, 4) is 5.75 Å². The van der Waals surface area contributed by atoms with Crippen molar-refractivity contribution >= 4 is 39.8 Å². The van der Waals surface area contributed by atoms with Gasteiger partial charge in [-0.25, -0.2) is 4.98 Å². The summed E-state index contributed by atoms with van der Waals surface area (Å²) in [6.07, 6.45) is 1.18. The predicted octanol–water partition coefficient (Wildman–Crippen LogP) is 3.69. The van der Waals surface area contributed by atoms with Crippen LogP contribution >= 0.6 is 0 Å². The van der Waals surface area contributed by atoms with Gasteiger partial charge in [0.15, 0.2) is 0 Å². The van der Waals surface area contributed by atoms with Crippen LogP contribution in [0.3, 0.4) is 0 Å². The highest BCUT2D eigenvalue weighted by atomic mass is 16.6. The maximum absolute atomic E-state index is 13.5. The first-order valence-electron chi connectivity index (χ1n) is 11.0. The van der Waals surface area contributed by atoms with E-state index in [0.29, 0.717) is 60.2 Å². The van der Waals surface area contributed by atoms with Crippen molar-refractivity contribution in [3.05, 3.63) is 76.1 Å². The molecule has 0 aliphatic carbocycles. The van der Waals surface area contributed by atoms with Gasteiger partial charge in [-0.2, -0.15) is 4.98 Å². The molecule has 4 aromatic rings. The van der Waals surface area contributed by atoms with E-state index in [0.717, 1.165) is 0 Å². The van der Waals surface area contributed by atoms with Crippen LogP contribution in [0.15, 0.2) is 54.7 Å². The SMILES string of the molecule is COc1ccc(C(=O)c2[nH]c3ccccc3c2Nc2nc(N3CCOCC3)ncc2[N+](=O)[O-])cc1. The summed E-state index contributed by atoms with van der Waals surface area (Å²) < 4.78 is 10.6. The number of fused-ring (bicyclic) bond motifs is 1. The van der Waals surface area contributed by atoms with Crippen molar-refractivity contribution < 1.29 is 19.2 Å². The van der Waals surface area contributed by atoms with Crippen molar-refractivity contribution in [3.63, 3.8) is 0 Å². The molecule has 11 heteroatoms. The number of nitrogens with zero attached hydrogens (tertiary/aromatic N) is 4. The average molecular weight is 474 g/mol. The number of hydrogen-bond acceptors (Lipinski definition) is 9. The van der Waals surface area contributed by atoms with Gasteiger partial charge in [0, 0.05) is 29.6 Å². The average Bonchev–Trinajstić information content (AvgIpc) is 3.27. The Labute approximate surface area is 199 Å². The molecule has 2 N–H and O–H groups in total. The minimum absolute atomic E-state index is 0.0000239. The lowest BCUT2D eigenvalue weighted by molar-refractivity contribution is -0.384. The zero-order valence-electron chi connectivity index (χ0n) is 18.9. The summed E-state index contributed by atoms with van der Waals surface area (Å²) in [4.78, 5) is 38.4. The fourth-order valence-corrected chi connectivity index (χ4v) is 3.95. The van der Waals surface area contributed by atoms with E-state index in [4.69, 9.17) is 9.47 Å². The summed E-state index contributed by atoms with van der Waals surface area (Å²) in [5.41, 5.74) is 1.51. The molecule has 11 nitrogen and oxygen atoms in total. The molecule has 0 atom stereocenters. The number of nitrogens with one attached hydrogen (secondary N) is 2. The highest BCUT2D eigenvalue weighted by Gasteiger charge is 2.25. The Hall–Kier alpha value is -4.51. The highest BCUT2D eigenvalue weighted by Crippen LogP contribution is 2.35. The van der Waals surface area contributed by atoms with Crippen LogP contribution in [0.1, 0.15) is 16.1 Å². The van der Waals surface area contributed by atoms with Crippen LogP contribution in [0.25, 0.3) is 10.9 Å². The Morgan fingerprint density at radius 3 is 2.63 bits per heavy atom. The molecular formula is C24H22N6O5. The molecule has 2 aromatic heterocycles. The molecule has 3 heterocycles. The highest BCUT2D eigenvalue weighted by molar-refractivity contribution is 6.16. The molecule has 1 aliphatic rings. The topological polar surface area (TPSA) is 136 Å². The molecule has 0 radical (unpaired) electrons.